The largest absolute Gasteiger partial charge is 0.404 e. The number of aryl methyl sites for hydroxylation is 1. The summed E-state index contributed by atoms with van der Waals surface area (Å²) in [5.74, 6) is 1.81. The van der Waals surface area contributed by atoms with E-state index in [9.17, 15) is 0 Å². The number of hydrogen-bond acceptors (Lipinski definition) is 7. The van der Waals surface area contributed by atoms with Gasteiger partial charge in [-0.2, -0.15) is 5.10 Å². The van der Waals surface area contributed by atoms with Crippen LogP contribution in [-0.4, -0.2) is 48.5 Å². The Kier molecular flexibility index (Phi) is 11.9. The van der Waals surface area contributed by atoms with Crippen molar-refractivity contribution in [1.29, 1.82) is 0 Å². The van der Waals surface area contributed by atoms with Gasteiger partial charge in [-0.25, -0.2) is 9.38 Å². The Morgan fingerprint density at radius 1 is 1.33 bits per heavy atom. The molecule has 210 valence electrons. The number of aromatic amines is 1. The number of aromatic nitrogens is 2. The normalized spacial score (nSPS) is 14.7. The number of primary amides is 1. The Bertz CT molecular complexity index is 1330. The number of thioether (sulfide) groups is 1. The van der Waals surface area contributed by atoms with Gasteiger partial charge < -0.3 is 21.7 Å². The first-order valence-corrected chi connectivity index (χ1v) is 14.0. The summed E-state index contributed by atoms with van der Waals surface area (Å²) in [6.07, 6.45) is 5.75. The summed E-state index contributed by atoms with van der Waals surface area (Å²) in [5, 5.41) is 11.6. The number of H-pyrrole nitrogens is 1. The van der Waals surface area contributed by atoms with Crippen LogP contribution in [0.2, 0.25) is 0 Å². The number of halogens is 1. The highest BCUT2D eigenvalue weighted by Gasteiger charge is 2.32. The van der Waals surface area contributed by atoms with Gasteiger partial charge >= 0.3 is 0 Å². The summed E-state index contributed by atoms with van der Waals surface area (Å²) >= 11 is 1.51. The van der Waals surface area contributed by atoms with Crippen molar-refractivity contribution < 1.29 is 9.18 Å². The Hall–Kier alpha value is -3.43. The number of aliphatic imine (C=N–C) groups is 2. The summed E-state index contributed by atoms with van der Waals surface area (Å²) in [6.45, 7) is 10.1. The third-order valence-corrected chi connectivity index (χ3v) is 7.64. The maximum absolute atomic E-state index is 15.0. The number of nitrogens with one attached hydrogen (secondary N) is 2. The van der Waals surface area contributed by atoms with E-state index in [-0.39, 0.29) is 18.1 Å². The average Bonchev–Trinajstić information content (AvgIpc) is 3.65. The zero-order valence-electron chi connectivity index (χ0n) is 23.3. The van der Waals surface area contributed by atoms with Gasteiger partial charge in [-0.3, -0.25) is 14.9 Å². The van der Waals surface area contributed by atoms with E-state index in [1.165, 1.54) is 18.0 Å². The second kappa shape index (κ2) is 14.6. The van der Waals surface area contributed by atoms with Gasteiger partial charge in [0.1, 0.15) is 17.5 Å². The van der Waals surface area contributed by atoms with Crippen LogP contribution in [0, 0.1) is 18.7 Å². The van der Waals surface area contributed by atoms with E-state index in [4.69, 9.17) is 15.5 Å². The van der Waals surface area contributed by atoms with E-state index in [1.54, 1.807) is 25.1 Å². The molecule has 1 aromatic carbocycles. The number of amides is 1. The fraction of sp³-hybridized carbons (Fsp3) is 0.333. The van der Waals surface area contributed by atoms with E-state index < -0.39 is 0 Å². The Morgan fingerprint density at radius 3 is 2.46 bits per heavy atom. The summed E-state index contributed by atoms with van der Waals surface area (Å²) < 4.78 is 15.0. The molecule has 1 aliphatic rings. The van der Waals surface area contributed by atoms with E-state index >= 15 is 4.39 Å². The molecule has 1 aliphatic carbocycles. The molecule has 0 bridgehead atoms. The average molecular weight is 573 g/mol. The molecule has 1 heterocycles. The standard InChI is InChI=1S/C26H35FN7PS.CH3NO/c1-14-10-24(33-32-14)31-26(25(18-8-9-18)15(2)19(13-28)16(3)29-5)30-17(4)34(6)21-12-22(35)23(36-7)11-20(21)27;2-1-3/h10-13,18H,2,8-9,28,35H2,1,3-7H3,(H2,31,32,33);1H,(H2,2,3)/b19-13-,26-25-,29-16?,30-17+;. The molecule has 0 saturated heterocycles. The molecule has 39 heavy (non-hydrogen) atoms. The van der Waals surface area contributed by atoms with Crippen molar-refractivity contribution in [2.24, 2.45) is 27.4 Å². The predicted octanol–water partition coefficient (Wildman–Crippen LogP) is 4.26. The van der Waals surface area contributed by atoms with Crippen LogP contribution in [0.4, 0.5) is 15.9 Å². The SMILES string of the molecule is C=C(/C(=C/N)C(C)=NC)/C(=C(\N=C(/C)N(C)c1cc(P)c(SC)cc1F)Nc1cc(C)[nH]n1)C1CC1.NC=O. The Morgan fingerprint density at radius 2 is 1.97 bits per heavy atom. The van der Waals surface area contributed by atoms with Gasteiger partial charge in [0, 0.05) is 53.8 Å². The topological polar surface area (TPSA) is 138 Å². The molecule has 0 spiro atoms. The number of carbonyl (C=O) groups is 1. The Balaban J connectivity index is 0.00000170. The van der Waals surface area contributed by atoms with Gasteiger partial charge in [0.05, 0.1) is 5.69 Å². The highest BCUT2D eigenvalue weighted by molar-refractivity contribution is 7.99. The van der Waals surface area contributed by atoms with Crippen molar-refractivity contribution in [2.75, 3.05) is 30.6 Å². The maximum Gasteiger partial charge on any atom is 0.204 e. The smallest absolute Gasteiger partial charge is 0.204 e. The molecule has 12 heteroatoms. The number of nitrogens with two attached hydrogens (primary N) is 2. The van der Waals surface area contributed by atoms with Crippen LogP contribution in [0.3, 0.4) is 0 Å². The minimum absolute atomic E-state index is 0.250. The zero-order valence-corrected chi connectivity index (χ0v) is 25.3. The van der Waals surface area contributed by atoms with Gasteiger partial charge in [-0.1, -0.05) is 6.58 Å². The van der Waals surface area contributed by atoms with Crippen LogP contribution in [0.1, 0.15) is 32.4 Å². The number of rotatable bonds is 9. The first-order chi connectivity index (χ1) is 18.5. The van der Waals surface area contributed by atoms with Gasteiger partial charge in [-0.15, -0.1) is 21.0 Å². The summed E-state index contributed by atoms with van der Waals surface area (Å²) in [6, 6.07) is 5.27. The fourth-order valence-electron chi connectivity index (χ4n) is 3.82. The van der Waals surface area contributed by atoms with Gasteiger partial charge in [0.15, 0.2) is 5.82 Å². The fourth-order valence-corrected chi connectivity index (χ4v) is 4.93. The van der Waals surface area contributed by atoms with Crippen molar-refractivity contribution in [3.63, 3.8) is 0 Å². The van der Waals surface area contributed by atoms with Crippen LogP contribution in [-0.2, 0) is 4.79 Å². The summed E-state index contributed by atoms with van der Waals surface area (Å²) in [7, 11) is 6.21. The number of anilines is 2. The van der Waals surface area contributed by atoms with E-state index in [0.717, 1.165) is 51.2 Å². The number of amidine groups is 1. The van der Waals surface area contributed by atoms with Crippen molar-refractivity contribution in [2.45, 2.75) is 38.5 Å². The lowest BCUT2D eigenvalue weighted by atomic mass is 9.93. The number of allylic oxidation sites excluding steroid dienone is 3. The van der Waals surface area contributed by atoms with E-state index in [1.807, 2.05) is 39.2 Å². The highest BCUT2D eigenvalue weighted by atomic mass is 32.2. The molecule has 1 amide bonds. The third kappa shape index (κ3) is 8.28. The molecule has 6 N–H and O–H groups in total. The molecule has 1 fully saturated rings. The van der Waals surface area contributed by atoms with Gasteiger partial charge in [0.25, 0.3) is 0 Å². The van der Waals surface area contributed by atoms with Gasteiger partial charge in [-0.05, 0) is 68.8 Å². The zero-order chi connectivity index (χ0) is 29.3. The monoisotopic (exact) mass is 572 g/mol. The molecule has 1 aromatic heterocycles. The molecule has 1 atom stereocenters. The number of carbonyl (C=O) groups excluding carboxylic acids is 1. The molecule has 3 rings (SSSR count). The minimum Gasteiger partial charge on any atom is -0.404 e. The van der Waals surface area contributed by atoms with E-state index in [0.29, 0.717) is 23.2 Å². The highest BCUT2D eigenvalue weighted by Crippen LogP contribution is 2.43. The lowest BCUT2D eigenvalue weighted by Crippen LogP contribution is -2.26. The molecule has 0 aliphatic heterocycles. The molecular weight excluding hydrogens is 534 g/mol. The van der Waals surface area contributed by atoms with Crippen LogP contribution in [0.5, 0.6) is 0 Å². The van der Waals surface area contributed by atoms with Crippen molar-refractivity contribution in [3.8, 4) is 0 Å². The van der Waals surface area contributed by atoms with Crippen LogP contribution in [0.15, 0.2) is 68.4 Å². The second-order valence-electron chi connectivity index (χ2n) is 8.87. The first-order valence-electron chi connectivity index (χ1n) is 12.2. The maximum atomic E-state index is 15.0. The van der Waals surface area contributed by atoms with Gasteiger partial charge in [0.2, 0.25) is 6.41 Å². The molecule has 9 nitrogen and oxygen atoms in total. The second-order valence-corrected chi connectivity index (χ2v) is 10.3. The van der Waals surface area contributed by atoms with Crippen LogP contribution >= 0.6 is 21.0 Å². The summed E-state index contributed by atoms with van der Waals surface area (Å²) in [5.41, 5.74) is 14.8. The predicted molar refractivity (Wildman–Crippen MR) is 166 cm³/mol. The molecule has 1 saturated carbocycles. The van der Waals surface area contributed by atoms with Crippen LogP contribution < -0.4 is 27.0 Å². The molecule has 1 unspecified atom stereocenters. The lowest BCUT2D eigenvalue weighted by Gasteiger charge is -2.23. The molecule has 2 aromatic rings. The number of nitrogens with zero attached hydrogens (tertiary/aromatic N) is 4. The minimum atomic E-state index is -0.307. The van der Waals surface area contributed by atoms with Crippen molar-refractivity contribution in [3.05, 3.63) is 65.0 Å². The lowest BCUT2D eigenvalue weighted by molar-refractivity contribution is -0.106. The third-order valence-electron chi connectivity index (χ3n) is 6.15. The molecular formula is C27H38FN8OPS. The van der Waals surface area contributed by atoms with Crippen molar-refractivity contribution in [1.82, 2.24) is 10.2 Å². The van der Waals surface area contributed by atoms with Crippen molar-refractivity contribution >= 4 is 55.8 Å². The Labute approximate surface area is 236 Å². The van der Waals surface area contributed by atoms with E-state index in [2.05, 4.69) is 42.1 Å². The summed E-state index contributed by atoms with van der Waals surface area (Å²) in [4.78, 5) is 20.5. The quantitative estimate of drug-likeness (QED) is 0.0885. The number of benzene rings is 1. The first kappa shape index (κ1) is 31.8. The number of hydrogen-bond donors (Lipinski definition) is 4. The van der Waals surface area contributed by atoms with Crippen LogP contribution in [0.25, 0.3) is 0 Å². The molecule has 0 radical (unpaired) electrons.